The standard InChI is InChI=1S/C22H19N3O3S/c1-16-12-13-17(15-23)14-20(16)29(27,28)25-21(18-8-4-2-5-9-18)22(26)24-19-10-6-3-7-11-19/h2-14,21,25H,1H3,(H,24,26). The Balaban J connectivity index is 1.97. The van der Waals surface area contributed by atoms with Crippen molar-refractivity contribution in [2.45, 2.75) is 17.9 Å². The number of nitrogens with one attached hydrogen (secondary N) is 2. The summed E-state index contributed by atoms with van der Waals surface area (Å²) < 4.78 is 28.6. The first-order chi connectivity index (χ1) is 13.9. The molecule has 0 spiro atoms. The Morgan fingerprint density at radius 3 is 2.21 bits per heavy atom. The first kappa shape index (κ1) is 20.3. The lowest BCUT2D eigenvalue weighted by molar-refractivity contribution is -0.117. The van der Waals surface area contributed by atoms with Crippen LogP contribution in [0.1, 0.15) is 22.7 Å². The maximum Gasteiger partial charge on any atom is 0.247 e. The van der Waals surface area contributed by atoms with E-state index >= 15 is 0 Å². The lowest BCUT2D eigenvalue weighted by atomic mass is 10.1. The minimum Gasteiger partial charge on any atom is -0.324 e. The fourth-order valence-electron chi connectivity index (χ4n) is 2.83. The molecule has 1 atom stereocenters. The van der Waals surface area contributed by atoms with Gasteiger partial charge in [-0.05, 0) is 42.3 Å². The minimum absolute atomic E-state index is 0.0370. The van der Waals surface area contributed by atoms with Gasteiger partial charge in [0.2, 0.25) is 15.9 Å². The van der Waals surface area contributed by atoms with Crippen LogP contribution in [-0.2, 0) is 14.8 Å². The molecule has 1 amide bonds. The Bertz CT molecular complexity index is 1150. The van der Waals surface area contributed by atoms with Crippen molar-refractivity contribution in [3.63, 3.8) is 0 Å². The molecule has 1 unspecified atom stereocenters. The highest BCUT2D eigenvalue weighted by molar-refractivity contribution is 7.89. The topological polar surface area (TPSA) is 99.1 Å². The first-order valence-corrected chi connectivity index (χ1v) is 10.3. The van der Waals surface area contributed by atoms with Crippen molar-refractivity contribution in [1.29, 1.82) is 5.26 Å². The van der Waals surface area contributed by atoms with E-state index in [0.29, 0.717) is 16.8 Å². The Labute approximate surface area is 169 Å². The monoisotopic (exact) mass is 405 g/mol. The molecule has 3 aromatic carbocycles. The maximum absolute atomic E-state index is 13.1. The molecule has 7 heteroatoms. The number of rotatable bonds is 6. The second-order valence-corrected chi connectivity index (χ2v) is 8.09. The highest BCUT2D eigenvalue weighted by atomic mass is 32.2. The summed E-state index contributed by atoms with van der Waals surface area (Å²) in [5.74, 6) is -0.514. The molecule has 29 heavy (non-hydrogen) atoms. The predicted octanol–water partition coefficient (Wildman–Crippen LogP) is 3.53. The maximum atomic E-state index is 13.1. The summed E-state index contributed by atoms with van der Waals surface area (Å²) in [7, 11) is -4.07. The molecule has 0 heterocycles. The van der Waals surface area contributed by atoms with Gasteiger partial charge in [0.25, 0.3) is 0 Å². The number of sulfonamides is 1. The number of hydrogen-bond acceptors (Lipinski definition) is 4. The summed E-state index contributed by atoms with van der Waals surface area (Å²) in [6.07, 6.45) is 0. The van der Waals surface area contributed by atoms with Crippen LogP contribution >= 0.6 is 0 Å². The van der Waals surface area contributed by atoms with Gasteiger partial charge in [-0.1, -0.05) is 54.6 Å². The Kier molecular flexibility index (Phi) is 6.07. The number of amides is 1. The van der Waals surface area contributed by atoms with Crippen molar-refractivity contribution in [2.24, 2.45) is 0 Å². The number of benzene rings is 3. The summed E-state index contributed by atoms with van der Waals surface area (Å²) in [4.78, 5) is 12.9. The second-order valence-electron chi connectivity index (χ2n) is 6.41. The van der Waals surface area contributed by atoms with E-state index in [1.807, 2.05) is 12.1 Å². The number of aryl methyl sites for hydroxylation is 1. The largest absolute Gasteiger partial charge is 0.324 e. The van der Waals surface area contributed by atoms with Gasteiger partial charge in [-0.25, -0.2) is 8.42 Å². The van der Waals surface area contributed by atoms with Crippen LogP contribution in [0.15, 0.2) is 83.8 Å². The van der Waals surface area contributed by atoms with Gasteiger partial charge in [0, 0.05) is 5.69 Å². The van der Waals surface area contributed by atoms with Crippen LogP contribution in [0.5, 0.6) is 0 Å². The second kappa shape index (κ2) is 8.69. The number of nitriles is 1. The molecule has 0 saturated heterocycles. The number of hydrogen-bond donors (Lipinski definition) is 2. The van der Waals surface area contributed by atoms with Crippen LogP contribution < -0.4 is 10.0 Å². The van der Waals surface area contributed by atoms with E-state index in [1.165, 1.54) is 6.07 Å². The van der Waals surface area contributed by atoms with Gasteiger partial charge >= 0.3 is 0 Å². The fourth-order valence-corrected chi connectivity index (χ4v) is 4.29. The van der Waals surface area contributed by atoms with Crippen molar-refractivity contribution < 1.29 is 13.2 Å². The van der Waals surface area contributed by atoms with Crippen molar-refractivity contribution in [3.8, 4) is 6.07 Å². The van der Waals surface area contributed by atoms with Crippen molar-refractivity contribution in [1.82, 2.24) is 4.72 Å². The van der Waals surface area contributed by atoms with Gasteiger partial charge in [0.05, 0.1) is 16.5 Å². The van der Waals surface area contributed by atoms with E-state index in [1.54, 1.807) is 73.7 Å². The molecule has 2 N–H and O–H groups in total. The fraction of sp³-hybridized carbons (Fsp3) is 0.0909. The third kappa shape index (κ3) is 4.88. The molecule has 0 aromatic heterocycles. The molecule has 0 aliphatic carbocycles. The van der Waals surface area contributed by atoms with E-state index in [0.717, 1.165) is 0 Å². The van der Waals surface area contributed by atoms with E-state index in [2.05, 4.69) is 10.0 Å². The smallest absolute Gasteiger partial charge is 0.247 e. The summed E-state index contributed by atoms with van der Waals surface area (Å²) in [6.45, 7) is 1.64. The van der Waals surface area contributed by atoms with Gasteiger partial charge in [-0.2, -0.15) is 9.98 Å². The molecular weight excluding hydrogens is 386 g/mol. The van der Waals surface area contributed by atoms with Crippen molar-refractivity contribution in [3.05, 3.63) is 95.6 Å². The van der Waals surface area contributed by atoms with E-state index in [4.69, 9.17) is 5.26 Å². The molecule has 3 aromatic rings. The quantitative estimate of drug-likeness (QED) is 0.655. The highest BCUT2D eigenvalue weighted by Crippen LogP contribution is 2.22. The molecular formula is C22H19N3O3S. The average Bonchev–Trinajstić information content (AvgIpc) is 2.73. The lowest BCUT2D eigenvalue weighted by Crippen LogP contribution is -2.37. The Hall–Kier alpha value is -3.47. The summed E-state index contributed by atoms with van der Waals surface area (Å²) in [6, 6.07) is 22.6. The number of anilines is 1. The zero-order valence-corrected chi connectivity index (χ0v) is 16.5. The number of carbonyl (C=O) groups is 1. The zero-order valence-electron chi connectivity index (χ0n) is 15.7. The molecule has 0 fully saturated rings. The Morgan fingerprint density at radius 1 is 0.966 bits per heavy atom. The van der Waals surface area contributed by atoms with Crippen LogP contribution in [0.25, 0.3) is 0 Å². The predicted molar refractivity (Wildman–Crippen MR) is 110 cm³/mol. The summed E-state index contributed by atoms with van der Waals surface area (Å²) in [5, 5.41) is 11.8. The first-order valence-electron chi connectivity index (χ1n) is 8.84. The van der Waals surface area contributed by atoms with Gasteiger partial charge in [-0.15, -0.1) is 0 Å². The van der Waals surface area contributed by atoms with Crippen LogP contribution in [-0.4, -0.2) is 14.3 Å². The van der Waals surface area contributed by atoms with Crippen molar-refractivity contribution in [2.75, 3.05) is 5.32 Å². The van der Waals surface area contributed by atoms with E-state index in [9.17, 15) is 13.2 Å². The SMILES string of the molecule is Cc1ccc(C#N)cc1S(=O)(=O)NC(C(=O)Nc1ccccc1)c1ccccc1. The van der Waals surface area contributed by atoms with Gasteiger partial charge in [0.15, 0.2) is 0 Å². The number of carbonyl (C=O) groups excluding carboxylic acids is 1. The summed E-state index contributed by atoms with van der Waals surface area (Å²) >= 11 is 0. The minimum atomic E-state index is -4.07. The molecule has 6 nitrogen and oxygen atoms in total. The molecule has 0 radical (unpaired) electrons. The summed E-state index contributed by atoms with van der Waals surface area (Å²) in [5.41, 5.74) is 1.76. The van der Waals surface area contributed by atoms with Crippen LogP contribution in [0.3, 0.4) is 0 Å². The highest BCUT2D eigenvalue weighted by Gasteiger charge is 2.28. The van der Waals surface area contributed by atoms with Crippen LogP contribution in [0.4, 0.5) is 5.69 Å². The molecule has 0 bridgehead atoms. The van der Waals surface area contributed by atoms with Gasteiger partial charge in [-0.3, -0.25) is 4.79 Å². The molecule has 0 saturated carbocycles. The molecule has 146 valence electrons. The van der Waals surface area contributed by atoms with Crippen LogP contribution in [0, 0.1) is 18.3 Å². The molecule has 3 rings (SSSR count). The average molecular weight is 405 g/mol. The number of nitrogens with zero attached hydrogens (tertiary/aromatic N) is 1. The molecule has 0 aliphatic heterocycles. The van der Waals surface area contributed by atoms with Crippen LogP contribution in [0.2, 0.25) is 0 Å². The normalized spacial score (nSPS) is 12.0. The van der Waals surface area contributed by atoms with Crippen molar-refractivity contribution >= 4 is 21.6 Å². The van der Waals surface area contributed by atoms with Gasteiger partial charge in [0.1, 0.15) is 6.04 Å². The Morgan fingerprint density at radius 2 is 1.59 bits per heavy atom. The number of para-hydroxylation sites is 1. The molecule has 0 aliphatic rings. The van der Waals surface area contributed by atoms with E-state index < -0.39 is 22.0 Å². The van der Waals surface area contributed by atoms with E-state index in [-0.39, 0.29) is 10.5 Å². The third-order valence-corrected chi connectivity index (χ3v) is 5.88. The van der Waals surface area contributed by atoms with Gasteiger partial charge < -0.3 is 5.32 Å². The third-order valence-electron chi connectivity index (χ3n) is 4.32. The lowest BCUT2D eigenvalue weighted by Gasteiger charge is -2.20. The zero-order chi connectivity index (χ0) is 20.9.